The molecule has 2 aromatic carbocycles. The summed E-state index contributed by atoms with van der Waals surface area (Å²) in [6.45, 7) is 4.09. The van der Waals surface area contributed by atoms with E-state index in [1.54, 1.807) is 24.3 Å². The van der Waals surface area contributed by atoms with E-state index in [0.29, 0.717) is 0 Å². The highest BCUT2D eigenvalue weighted by atomic mass is 16.3. The zero-order chi connectivity index (χ0) is 15.2. The van der Waals surface area contributed by atoms with Gasteiger partial charge in [-0.25, -0.2) is 0 Å². The molecule has 0 spiro atoms. The second-order valence-corrected chi connectivity index (χ2v) is 5.58. The fourth-order valence-electron chi connectivity index (χ4n) is 2.53. The maximum atomic E-state index is 10.4. The van der Waals surface area contributed by atoms with Crippen LogP contribution in [0, 0.1) is 0 Å². The Hall–Kier alpha value is -1.84. The Morgan fingerprint density at radius 3 is 2.19 bits per heavy atom. The molecule has 0 heterocycles. The molecule has 112 valence electrons. The van der Waals surface area contributed by atoms with Gasteiger partial charge in [-0.15, -0.1) is 0 Å². The van der Waals surface area contributed by atoms with E-state index in [0.717, 1.165) is 12.0 Å². The van der Waals surface area contributed by atoms with Crippen LogP contribution < -0.4 is 5.32 Å². The third kappa shape index (κ3) is 4.59. The van der Waals surface area contributed by atoms with Crippen molar-refractivity contribution in [2.24, 2.45) is 0 Å². The molecule has 0 saturated carbocycles. The van der Waals surface area contributed by atoms with Gasteiger partial charge in [-0.05, 0) is 43.5 Å². The zero-order valence-electron chi connectivity index (χ0n) is 12.5. The van der Waals surface area contributed by atoms with Crippen molar-refractivity contribution in [1.29, 1.82) is 0 Å². The molecule has 0 unspecified atom stereocenters. The van der Waals surface area contributed by atoms with E-state index in [9.17, 15) is 10.2 Å². The lowest BCUT2D eigenvalue weighted by atomic mass is 10.0. The molecular weight excluding hydrogens is 262 g/mol. The Kier molecular flexibility index (Phi) is 5.37. The lowest BCUT2D eigenvalue weighted by molar-refractivity contribution is 0.130. The summed E-state index contributed by atoms with van der Waals surface area (Å²) < 4.78 is 0. The Morgan fingerprint density at radius 2 is 1.57 bits per heavy atom. The van der Waals surface area contributed by atoms with Crippen LogP contribution in [-0.4, -0.2) is 22.3 Å². The van der Waals surface area contributed by atoms with Crippen LogP contribution in [0.1, 0.15) is 31.1 Å². The summed E-state index contributed by atoms with van der Waals surface area (Å²) in [5.74, 6) is 0.212. The molecule has 0 amide bonds. The molecule has 3 heteroatoms. The predicted molar refractivity (Wildman–Crippen MR) is 85.3 cm³/mol. The van der Waals surface area contributed by atoms with Gasteiger partial charge in [-0.3, -0.25) is 0 Å². The molecule has 0 radical (unpaired) electrons. The number of hydrogen-bond acceptors (Lipinski definition) is 3. The minimum Gasteiger partial charge on any atom is -0.508 e. The van der Waals surface area contributed by atoms with E-state index in [2.05, 4.69) is 24.4 Å². The van der Waals surface area contributed by atoms with Crippen LogP contribution in [0.5, 0.6) is 5.75 Å². The highest BCUT2D eigenvalue weighted by Gasteiger charge is 2.18. The highest BCUT2D eigenvalue weighted by molar-refractivity contribution is 5.28. The van der Waals surface area contributed by atoms with E-state index in [1.807, 2.05) is 25.1 Å². The number of aromatic hydroxyl groups is 1. The Labute approximate surface area is 126 Å². The first-order valence-corrected chi connectivity index (χ1v) is 7.33. The smallest absolute Gasteiger partial charge is 0.115 e. The lowest BCUT2D eigenvalue weighted by Gasteiger charge is -2.25. The number of rotatable bonds is 6. The van der Waals surface area contributed by atoms with Crippen molar-refractivity contribution in [2.45, 2.75) is 38.5 Å². The number of benzene rings is 2. The van der Waals surface area contributed by atoms with Crippen LogP contribution in [0.3, 0.4) is 0 Å². The summed E-state index contributed by atoms with van der Waals surface area (Å²) in [5.41, 5.74) is 2.09. The SMILES string of the molecule is C[C@H](Cc1ccccc1)N[C@@H](C)[C@@H](O)c1ccc(O)cc1. The molecule has 0 fully saturated rings. The van der Waals surface area contributed by atoms with Gasteiger partial charge in [-0.1, -0.05) is 42.5 Å². The second kappa shape index (κ2) is 7.25. The van der Waals surface area contributed by atoms with Crippen LogP contribution in [-0.2, 0) is 6.42 Å². The molecule has 0 bridgehead atoms. The van der Waals surface area contributed by atoms with Crippen LogP contribution in [0.25, 0.3) is 0 Å². The number of aliphatic hydroxyl groups excluding tert-OH is 1. The van der Waals surface area contributed by atoms with Crippen molar-refractivity contribution in [2.75, 3.05) is 0 Å². The number of aliphatic hydroxyl groups is 1. The maximum Gasteiger partial charge on any atom is 0.115 e. The monoisotopic (exact) mass is 285 g/mol. The van der Waals surface area contributed by atoms with E-state index in [4.69, 9.17) is 0 Å². The average molecular weight is 285 g/mol. The first kappa shape index (κ1) is 15.5. The van der Waals surface area contributed by atoms with Gasteiger partial charge in [0, 0.05) is 12.1 Å². The second-order valence-electron chi connectivity index (χ2n) is 5.58. The van der Waals surface area contributed by atoms with Crippen molar-refractivity contribution in [3.05, 3.63) is 65.7 Å². The minimum atomic E-state index is -0.594. The van der Waals surface area contributed by atoms with Gasteiger partial charge in [0.25, 0.3) is 0 Å². The molecule has 2 aromatic rings. The van der Waals surface area contributed by atoms with Crippen LogP contribution in [0.4, 0.5) is 0 Å². The van der Waals surface area contributed by atoms with Crippen molar-refractivity contribution in [3.8, 4) is 5.75 Å². The number of phenols is 1. The van der Waals surface area contributed by atoms with Gasteiger partial charge in [-0.2, -0.15) is 0 Å². The van der Waals surface area contributed by atoms with Gasteiger partial charge >= 0.3 is 0 Å². The quantitative estimate of drug-likeness (QED) is 0.764. The molecular formula is C18H23NO2. The van der Waals surface area contributed by atoms with Crippen molar-refractivity contribution < 1.29 is 10.2 Å². The van der Waals surface area contributed by atoms with E-state index >= 15 is 0 Å². The lowest BCUT2D eigenvalue weighted by Crippen LogP contribution is -2.39. The molecule has 0 aromatic heterocycles. The number of phenolic OH excluding ortho intramolecular Hbond substituents is 1. The first-order chi connectivity index (χ1) is 10.1. The summed E-state index contributed by atoms with van der Waals surface area (Å²) in [7, 11) is 0. The third-order valence-electron chi connectivity index (χ3n) is 3.64. The fraction of sp³-hybridized carbons (Fsp3) is 0.333. The predicted octanol–water partition coefficient (Wildman–Crippen LogP) is 3.03. The van der Waals surface area contributed by atoms with E-state index < -0.39 is 6.10 Å². The highest BCUT2D eigenvalue weighted by Crippen LogP contribution is 2.20. The van der Waals surface area contributed by atoms with Crippen molar-refractivity contribution >= 4 is 0 Å². The van der Waals surface area contributed by atoms with Crippen LogP contribution in [0.15, 0.2) is 54.6 Å². The molecule has 0 aliphatic carbocycles. The van der Waals surface area contributed by atoms with E-state index in [-0.39, 0.29) is 17.8 Å². The number of nitrogens with one attached hydrogen (secondary N) is 1. The summed E-state index contributed by atoms with van der Waals surface area (Å²) in [6.07, 6.45) is 0.330. The Balaban J connectivity index is 1.91. The van der Waals surface area contributed by atoms with Gasteiger partial charge < -0.3 is 15.5 Å². The normalized spacial score (nSPS) is 15.4. The Bertz CT molecular complexity index is 539. The molecule has 0 saturated heterocycles. The van der Waals surface area contributed by atoms with Gasteiger partial charge in [0.15, 0.2) is 0 Å². The maximum absolute atomic E-state index is 10.4. The van der Waals surface area contributed by atoms with Crippen molar-refractivity contribution in [1.82, 2.24) is 5.32 Å². The standard InChI is InChI=1S/C18H23NO2/c1-13(12-15-6-4-3-5-7-15)19-14(2)18(21)16-8-10-17(20)11-9-16/h3-11,13-14,18-21H,12H2,1-2H3/t13-,14+,18-/m1/s1. The third-order valence-corrected chi connectivity index (χ3v) is 3.64. The summed E-state index contributed by atoms with van der Waals surface area (Å²) in [4.78, 5) is 0. The molecule has 3 atom stereocenters. The number of hydrogen-bond donors (Lipinski definition) is 3. The van der Waals surface area contributed by atoms with Crippen LogP contribution >= 0.6 is 0 Å². The molecule has 3 nitrogen and oxygen atoms in total. The first-order valence-electron chi connectivity index (χ1n) is 7.33. The van der Waals surface area contributed by atoms with Gasteiger partial charge in [0.05, 0.1) is 6.10 Å². The van der Waals surface area contributed by atoms with E-state index in [1.165, 1.54) is 5.56 Å². The van der Waals surface area contributed by atoms with Crippen LogP contribution in [0.2, 0.25) is 0 Å². The summed E-state index contributed by atoms with van der Waals surface area (Å²) in [6, 6.07) is 17.2. The summed E-state index contributed by atoms with van der Waals surface area (Å²) >= 11 is 0. The molecule has 3 N–H and O–H groups in total. The fourth-order valence-corrected chi connectivity index (χ4v) is 2.53. The van der Waals surface area contributed by atoms with Crippen molar-refractivity contribution in [3.63, 3.8) is 0 Å². The summed E-state index contributed by atoms with van der Waals surface area (Å²) in [5, 5.41) is 23.1. The zero-order valence-corrected chi connectivity index (χ0v) is 12.5. The van der Waals surface area contributed by atoms with Gasteiger partial charge in [0.2, 0.25) is 0 Å². The average Bonchev–Trinajstić information content (AvgIpc) is 2.48. The molecule has 0 aliphatic heterocycles. The molecule has 21 heavy (non-hydrogen) atoms. The molecule has 0 aliphatic rings. The topological polar surface area (TPSA) is 52.5 Å². The minimum absolute atomic E-state index is 0.0618. The largest absolute Gasteiger partial charge is 0.508 e. The van der Waals surface area contributed by atoms with Gasteiger partial charge in [0.1, 0.15) is 5.75 Å². The Morgan fingerprint density at radius 1 is 0.952 bits per heavy atom. The molecule has 2 rings (SSSR count).